The van der Waals surface area contributed by atoms with Crippen molar-refractivity contribution < 1.29 is 0 Å². The maximum Gasteiger partial charge on any atom is 0.205 e. The zero-order chi connectivity index (χ0) is 20.8. The van der Waals surface area contributed by atoms with Crippen LogP contribution in [0, 0.1) is 13.8 Å². The van der Waals surface area contributed by atoms with Crippen molar-refractivity contribution in [1.82, 2.24) is 4.98 Å². The zero-order valence-corrected chi connectivity index (χ0v) is 18.2. The van der Waals surface area contributed by atoms with Crippen LogP contribution in [0.5, 0.6) is 0 Å². The van der Waals surface area contributed by atoms with Crippen molar-refractivity contribution in [3.8, 4) is 0 Å². The van der Waals surface area contributed by atoms with Gasteiger partial charge in [-0.25, -0.2) is 4.98 Å². The van der Waals surface area contributed by atoms with Crippen LogP contribution in [0.3, 0.4) is 0 Å². The molecule has 3 aromatic rings. The van der Waals surface area contributed by atoms with Gasteiger partial charge in [0.25, 0.3) is 0 Å². The molecule has 1 aliphatic rings. The Kier molecular flexibility index (Phi) is 6.49. The van der Waals surface area contributed by atoms with Gasteiger partial charge in [0, 0.05) is 18.8 Å². The number of hydrogen-bond acceptors (Lipinski definition) is 7. The normalized spacial score (nSPS) is 14.7. The highest BCUT2D eigenvalue weighted by atomic mass is 32.1. The van der Waals surface area contributed by atoms with Crippen LogP contribution >= 0.6 is 11.3 Å². The Hall–Kier alpha value is -3.06. The van der Waals surface area contributed by atoms with Crippen molar-refractivity contribution in [2.45, 2.75) is 33.1 Å². The largest absolute Gasteiger partial charge is 0.372 e. The summed E-state index contributed by atoms with van der Waals surface area (Å²) in [4.78, 5) is 6.93. The molecule has 0 bridgehead atoms. The monoisotopic (exact) mass is 418 g/mol. The number of hydrazone groups is 1. The zero-order valence-electron chi connectivity index (χ0n) is 17.4. The fourth-order valence-electron chi connectivity index (χ4n) is 3.33. The van der Waals surface area contributed by atoms with Crippen molar-refractivity contribution in [3.05, 3.63) is 65.4 Å². The highest BCUT2D eigenvalue weighted by Gasteiger charge is 2.10. The minimum absolute atomic E-state index is 0.701. The van der Waals surface area contributed by atoms with Crippen molar-refractivity contribution in [1.29, 1.82) is 0 Å². The predicted molar refractivity (Wildman–Crippen MR) is 126 cm³/mol. The molecular formula is C23H26N6S. The molecule has 6 nitrogen and oxygen atoms in total. The quantitative estimate of drug-likeness (QED) is 0.278. The van der Waals surface area contributed by atoms with Gasteiger partial charge in [-0.05, 0) is 62.9 Å². The maximum absolute atomic E-state index is 4.48. The molecule has 2 aromatic carbocycles. The number of rotatable bonds is 6. The van der Waals surface area contributed by atoms with E-state index in [0.717, 1.165) is 35.0 Å². The second-order valence-electron chi connectivity index (χ2n) is 7.45. The van der Waals surface area contributed by atoms with E-state index < -0.39 is 0 Å². The Balaban J connectivity index is 1.35. The number of aryl methyl sites for hydroxylation is 2. The molecule has 0 spiro atoms. The Morgan fingerprint density at radius 1 is 0.933 bits per heavy atom. The van der Waals surface area contributed by atoms with Crippen LogP contribution in [-0.4, -0.2) is 24.3 Å². The summed E-state index contributed by atoms with van der Waals surface area (Å²) in [7, 11) is 0. The van der Waals surface area contributed by atoms with Gasteiger partial charge in [0.15, 0.2) is 5.00 Å². The molecule has 1 saturated heterocycles. The summed E-state index contributed by atoms with van der Waals surface area (Å²) in [5.41, 5.74) is 8.21. The Morgan fingerprint density at radius 2 is 1.67 bits per heavy atom. The lowest BCUT2D eigenvalue weighted by molar-refractivity contribution is 0.578. The molecule has 0 aliphatic carbocycles. The van der Waals surface area contributed by atoms with Crippen LogP contribution in [0.2, 0.25) is 0 Å². The summed E-state index contributed by atoms with van der Waals surface area (Å²) < 4.78 is 0. The topological polar surface area (TPSA) is 65.2 Å². The number of nitrogens with one attached hydrogen (secondary N) is 1. The van der Waals surface area contributed by atoms with Crippen LogP contribution in [-0.2, 0) is 0 Å². The van der Waals surface area contributed by atoms with E-state index in [1.54, 1.807) is 0 Å². The lowest BCUT2D eigenvalue weighted by atomic mass is 10.1. The molecular weight excluding hydrogens is 392 g/mol. The Labute approximate surface area is 181 Å². The van der Waals surface area contributed by atoms with Crippen molar-refractivity contribution in [2.75, 3.05) is 23.4 Å². The third-order valence-electron chi connectivity index (χ3n) is 5.05. The van der Waals surface area contributed by atoms with Crippen LogP contribution in [0.15, 0.2) is 63.9 Å². The number of benzene rings is 2. The first kappa shape index (κ1) is 20.2. The van der Waals surface area contributed by atoms with Crippen LogP contribution in [0.25, 0.3) is 0 Å². The van der Waals surface area contributed by atoms with E-state index in [0.29, 0.717) is 5.13 Å². The van der Waals surface area contributed by atoms with E-state index in [2.05, 4.69) is 61.8 Å². The summed E-state index contributed by atoms with van der Waals surface area (Å²) in [6.07, 6.45) is 5.72. The fraction of sp³-hybridized carbons (Fsp3) is 0.304. The van der Waals surface area contributed by atoms with Gasteiger partial charge in [0.1, 0.15) is 0 Å². The molecule has 1 N–H and O–H groups in total. The van der Waals surface area contributed by atoms with E-state index in [4.69, 9.17) is 0 Å². The van der Waals surface area contributed by atoms with Gasteiger partial charge in [0.2, 0.25) is 5.13 Å². The van der Waals surface area contributed by atoms with E-state index >= 15 is 0 Å². The average Bonchev–Trinajstić information content (AvgIpc) is 3.14. The molecule has 0 unspecified atom stereocenters. The molecule has 1 aromatic heterocycles. The average molecular weight is 419 g/mol. The highest BCUT2D eigenvalue weighted by molar-refractivity contribution is 7.19. The van der Waals surface area contributed by atoms with Crippen molar-refractivity contribution >= 4 is 39.1 Å². The number of nitrogens with zero attached hydrogens (tertiary/aromatic N) is 5. The minimum atomic E-state index is 0.701. The van der Waals surface area contributed by atoms with Crippen LogP contribution < -0.4 is 10.3 Å². The van der Waals surface area contributed by atoms with Gasteiger partial charge < -0.3 is 4.90 Å². The summed E-state index contributed by atoms with van der Waals surface area (Å²) in [5.74, 6) is 0. The second kappa shape index (κ2) is 9.63. The van der Waals surface area contributed by atoms with Gasteiger partial charge in [-0.3, -0.25) is 5.43 Å². The molecule has 7 heteroatoms. The van der Waals surface area contributed by atoms with E-state index in [9.17, 15) is 0 Å². The van der Waals surface area contributed by atoms with Crippen LogP contribution in [0.1, 0.15) is 36.1 Å². The molecule has 0 atom stereocenters. The SMILES string of the molecule is Cc1ccc(N=Nc2sc(NN=Cc3ccc(N4CCCCC4)cc3)nc2C)cc1. The van der Waals surface area contributed by atoms with E-state index in [1.807, 2.05) is 37.4 Å². The number of thiazole rings is 1. The third-order valence-corrected chi connectivity index (χ3v) is 6.00. The lowest BCUT2D eigenvalue weighted by Crippen LogP contribution is -2.29. The van der Waals surface area contributed by atoms with Gasteiger partial charge >= 0.3 is 0 Å². The maximum atomic E-state index is 4.48. The predicted octanol–water partition coefficient (Wildman–Crippen LogP) is 6.61. The van der Waals surface area contributed by atoms with Gasteiger partial charge in [-0.1, -0.05) is 41.2 Å². The molecule has 4 rings (SSSR count). The molecule has 1 aliphatic heterocycles. The number of azo groups is 1. The van der Waals surface area contributed by atoms with Crippen molar-refractivity contribution in [2.24, 2.45) is 15.3 Å². The standard InChI is InChI=1S/C23H26N6S/c1-17-6-10-20(11-7-17)26-27-22-18(2)25-23(30-22)28-24-16-19-8-12-21(13-9-19)29-14-4-3-5-15-29/h6-13,16H,3-5,14-15H2,1-2H3,(H,25,28). The number of aromatic nitrogens is 1. The molecule has 30 heavy (non-hydrogen) atoms. The summed E-state index contributed by atoms with van der Waals surface area (Å²) >= 11 is 1.44. The Bertz CT molecular complexity index is 1010. The summed E-state index contributed by atoms with van der Waals surface area (Å²) in [5, 5.41) is 14.4. The number of piperidine rings is 1. The summed E-state index contributed by atoms with van der Waals surface area (Å²) in [6, 6.07) is 16.5. The molecule has 1 fully saturated rings. The third kappa shape index (κ3) is 5.30. The first-order chi connectivity index (χ1) is 14.7. The first-order valence-corrected chi connectivity index (χ1v) is 11.1. The molecule has 154 valence electrons. The van der Waals surface area contributed by atoms with E-state index in [1.165, 1.54) is 41.9 Å². The molecule has 0 saturated carbocycles. The smallest absolute Gasteiger partial charge is 0.205 e. The lowest BCUT2D eigenvalue weighted by Gasteiger charge is -2.28. The van der Waals surface area contributed by atoms with Gasteiger partial charge in [-0.2, -0.15) is 5.10 Å². The second-order valence-corrected chi connectivity index (χ2v) is 8.43. The van der Waals surface area contributed by atoms with Crippen LogP contribution in [0.4, 0.5) is 21.5 Å². The van der Waals surface area contributed by atoms with Gasteiger partial charge in [0.05, 0.1) is 17.6 Å². The molecule has 0 amide bonds. The Morgan fingerprint density at radius 3 is 2.40 bits per heavy atom. The van der Waals surface area contributed by atoms with Crippen molar-refractivity contribution in [3.63, 3.8) is 0 Å². The van der Waals surface area contributed by atoms with Gasteiger partial charge in [-0.15, -0.1) is 10.2 Å². The number of hydrogen-bond donors (Lipinski definition) is 1. The molecule has 0 radical (unpaired) electrons. The number of anilines is 2. The van der Waals surface area contributed by atoms with E-state index in [-0.39, 0.29) is 0 Å². The first-order valence-electron chi connectivity index (χ1n) is 10.3. The minimum Gasteiger partial charge on any atom is -0.372 e. The fourth-order valence-corrected chi connectivity index (χ4v) is 4.07. The highest BCUT2D eigenvalue weighted by Crippen LogP contribution is 2.32. The molecule has 2 heterocycles. The summed E-state index contributed by atoms with van der Waals surface area (Å²) in [6.45, 7) is 6.29.